The van der Waals surface area contributed by atoms with Gasteiger partial charge in [-0.15, -0.1) is 0 Å². The first kappa shape index (κ1) is 12.7. The first-order valence-electron chi connectivity index (χ1n) is 6.07. The van der Waals surface area contributed by atoms with Crippen molar-refractivity contribution < 1.29 is 9.53 Å². The molecule has 0 fully saturated rings. The first-order valence-corrected chi connectivity index (χ1v) is 6.07. The highest BCUT2D eigenvalue weighted by Crippen LogP contribution is 2.20. The SMILES string of the molecule is CC(C)(C)OC(=O)N1CCc2ccc(N)nc2C1. The summed E-state index contributed by atoms with van der Waals surface area (Å²) < 4.78 is 5.35. The van der Waals surface area contributed by atoms with E-state index in [4.69, 9.17) is 10.5 Å². The Morgan fingerprint density at radius 3 is 2.83 bits per heavy atom. The number of nitrogen functional groups attached to an aromatic ring is 1. The van der Waals surface area contributed by atoms with E-state index in [1.54, 1.807) is 11.0 Å². The van der Waals surface area contributed by atoms with Gasteiger partial charge in [0.05, 0.1) is 12.2 Å². The number of aromatic nitrogens is 1. The molecule has 1 aliphatic rings. The smallest absolute Gasteiger partial charge is 0.410 e. The monoisotopic (exact) mass is 249 g/mol. The minimum atomic E-state index is -0.472. The lowest BCUT2D eigenvalue weighted by molar-refractivity contribution is 0.0221. The summed E-state index contributed by atoms with van der Waals surface area (Å²) in [7, 11) is 0. The Hall–Kier alpha value is -1.78. The molecule has 18 heavy (non-hydrogen) atoms. The van der Waals surface area contributed by atoms with Crippen molar-refractivity contribution >= 4 is 11.9 Å². The third-order valence-corrected chi connectivity index (χ3v) is 2.73. The minimum absolute atomic E-state index is 0.294. The maximum Gasteiger partial charge on any atom is 0.410 e. The number of carbonyl (C=O) groups excluding carboxylic acids is 1. The van der Waals surface area contributed by atoms with Crippen LogP contribution in [0.3, 0.4) is 0 Å². The van der Waals surface area contributed by atoms with Gasteiger partial charge in [-0.2, -0.15) is 0 Å². The third kappa shape index (κ3) is 2.91. The van der Waals surface area contributed by atoms with Crippen LogP contribution in [0, 0.1) is 0 Å². The fraction of sp³-hybridized carbons (Fsp3) is 0.538. The molecule has 0 aliphatic carbocycles. The van der Waals surface area contributed by atoms with Crippen molar-refractivity contribution in [1.82, 2.24) is 9.88 Å². The first-order chi connectivity index (χ1) is 8.35. The Kier molecular flexibility index (Phi) is 3.15. The topological polar surface area (TPSA) is 68.5 Å². The van der Waals surface area contributed by atoms with Crippen LogP contribution in [0.2, 0.25) is 0 Å². The second-order valence-corrected chi connectivity index (χ2v) is 5.49. The molecule has 2 N–H and O–H groups in total. The number of fused-ring (bicyclic) bond motifs is 1. The number of rotatable bonds is 0. The molecule has 2 heterocycles. The van der Waals surface area contributed by atoms with Crippen molar-refractivity contribution in [3.8, 4) is 0 Å². The standard InChI is InChI=1S/C13H19N3O2/c1-13(2,3)18-12(17)16-7-6-9-4-5-11(14)15-10(9)8-16/h4-5H,6-8H2,1-3H3,(H2,14,15). The Labute approximate surface area is 107 Å². The largest absolute Gasteiger partial charge is 0.444 e. The van der Waals surface area contributed by atoms with Crippen LogP contribution in [0.25, 0.3) is 0 Å². The van der Waals surface area contributed by atoms with Gasteiger partial charge in [0.25, 0.3) is 0 Å². The number of nitrogens with two attached hydrogens (primary N) is 1. The van der Waals surface area contributed by atoms with Gasteiger partial charge in [-0.05, 0) is 38.8 Å². The fourth-order valence-electron chi connectivity index (χ4n) is 1.91. The summed E-state index contributed by atoms with van der Waals surface area (Å²) in [5, 5.41) is 0. The molecule has 0 atom stereocenters. The van der Waals surface area contributed by atoms with E-state index in [1.165, 1.54) is 0 Å². The zero-order chi connectivity index (χ0) is 13.3. The molecule has 5 nitrogen and oxygen atoms in total. The molecule has 1 aliphatic heterocycles. The molecule has 0 saturated carbocycles. The molecule has 1 amide bonds. The zero-order valence-corrected chi connectivity index (χ0v) is 11.1. The summed E-state index contributed by atoms with van der Waals surface area (Å²) in [5.74, 6) is 0.486. The normalized spacial score (nSPS) is 15.2. The van der Waals surface area contributed by atoms with Gasteiger partial charge in [0.15, 0.2) is 0 Å². The van der Waals surface area contributed by atoms with E-state index >= 15 is 0 Å². The number of anilines is 1. The van der Waals surface area contributed by atoms with Crippen molar-refractivity contribution in [1.29, 1.82) is 0 Å². The Morgan fingerprint density at radius 2 is 2.17 bits per heavy atom. The number of carbonyl (C=O) groups is 1. The molecular weight excluding hydrogens is 230 g/mol. The van der Waals surface area contributed by atoms with E-state index < -0.39 is 5.60 Å². The predicted octanol–water partition coefficient (Wildman–Crippen LogP) is 1.96. The highest BCUT2D eigenvalue weighted by molar-refractivity contribution is 5.68. The fourth-order valence-corrected chi connectivity index (χ4v) is 1.91. The predicted molar refractivity (Wildman–Crippen MR) is 69.0 cm³/mol. The number of nitrogens with zero attached hydrogens (tertiary/aromatic N) is 2. The molecule has 0 spiro atoms. The molecular formula is C13H19N3O2. The molecule has 0 unspecified atom stereocenters. The van der Waals surface area contributed by atoms with Crippen LogP contribution in [0.4, 0.5) is 10.6 Å². The van der Waals surface area contributed by atoms with E-state index in [2.05, 4.69) is 4.98 Å². The van der Waals surface area contributed by atoms with Gasteiger partial charge in [0, 0.05) is 6.54 Å². The molecule has 98 valence electrons. The molecule has 0 saturated heterocycles. The van der Waals surface area contributed by atoms with Crippen LogP contribution < -0.4 is 5.73 Å². The summed E-state index contributed by atoms with van der Waals surface area (Å²) in [6, 6.07) is 3.77. The van der Waals surface area contributed by atoms with E-state index in [0.29, 0.717) is 18.9 Å². The van der Waals surface area contributed by atoms with Gasteiger partial charge in [-0.1, -0.05) is 6.07 Å². The molecule has 0 radical (unpaired) electrons. The van der Waals surface area contributed by atoms with E-state index in [0.717, 1.165) is 17.7 Å². The highest BCUT2D eigenvalue weighted by atomic mass is 16.6. The van der Waals surface area contributed by atoms with Gasteiger partial charge in [-0.25, -0.2) is 9.78 Å². The second-order valence-electron chi connectivity index (χ2n) is 5.49. The summed E-state index contributed by atoms with van der Waals surface area (Å²) >= 11 is 0. The van der Waals surface area contributed by atoms with Crippen LogP contribution in [0.15, 0.2) is 12.1 Å². The molecule has 0 aromatic carbocycles. The lowest BCUT2D eigenvalue weighted by Gasteiger charge is -2.30. The zero-order valence-electron chi connectivity index (χ0n) is 11.1. The van der Waals surface area contributed by atoms with Gasteiger partial charge >= 0.3 is 6.09 Å². The Balaban J connectivity index is 2.09. The van der Waals surface area contributed by atoms with Crippen molar-refractivity contribution in [3.63, 3.8) is 0 Å². The van der Waals surface area contributed by atoms with Crippen LogP contribution >= 0.6 is 0 Å². The average molecular weight is 249 g/mol. The van der Waals surface area contributed by atoms with E-state index in [-0.39, 0.29) is 6.09 Å². The summed E-state index contributed by atoms with van der Waals surface area (Å²) in [6.07, 6.45) is 0.499. The van der Waals surface area contributed by atoms with Crippen molar-refractivity contribution in [2.24, 2.45) is 0 Å². The maximum atomic E-state index is 12.0. The summed E-state index contributed by atoms with van der Waals surface area (Å²) in [5.41, 5.74) is 7.21. The molecule has 2 rings (SSSR count). The molecule has 1 aromatic rings. The van der Waals surface area contributed by atoms with Gasteiger partial charge < -0.3 is 15.4 Å². The lowest BCUT2D eigenvalue weighted by Crippen LogP contribution is -2.40. The molecule has 5 heteroatoms. The second kappa shape index (κ2) is 4.48. The quantitative estimate of drug-likeness (QED) is 0.763. The van der Waals surface area contributed by atoms with Gasteiger partial charge in [0.1, 0.15) is 11.4 Å². The number of pyridine rings is 1. The Morgan fingerprint density at radius 1 is 1.44 bits per heavy atom. The van der Waals surface area contributed by atoms with Gasteiger partial charge in [-0.3, -0.25) is 0 Å². The number of ether oxygens (including phenoxy) is 1. The third-order valence-electron chi connectivity index (χ3n) is 2.73. The lowest BCUT2D eigenvalue weighted by atomic mass is 10.1. The number of amides is 1. The van der Waals surface area contributed by atoms with E-state index in [1.807, 2.05) is 26.8 Å². The van der Waals surface area contributed by atoms with Crippen LogP contribution in [-0.4, -0.2) is 28.1 Å². The van der Waals surface area contributed by atoms with Gasteiger partial charge in [0.2, 0.25) is 0 Å². The highest BCUT2D eigenvalue weighted by Gasteiger charge is 2.26. The maximum absolute atomic E-state index is 12.0. The van der Waals surface area contributed by atoms with Crippen molar-refractivity contribution in [2.45, 2.75) is 39.3 Å². The summed E-state index contributed by atoms with van der Waals surface area (Å²) in [6.45, 7) is 6.71. The average Bonchev–Trinajstić information content (AvgIpc) is 2.25. The van der Waals surface area contributed by atoms with Crippen LogP contribution in [-0.2, 0) is 17.7 Å². The van der Waals surface area contributed by atoms with Crippen LogP contribution in [0.5, 0.6) is 0 Å². The minimum Gasteiger partial charge on any atom is -0.444 e. The van der Waals surface area contributed by atoms with Crippen molar-refractivity contribution in [3.05, 3.63) is 23.4 Å². The molecule has 0 bridgehead atoms. The van der Waals surface area contributed by atoms with Crippen molar-refractivity contribution in [2.75, 3.05) is 12.3 Å². The van der Waals surface area contributed by atoms with Crippen LogP contribution in [0.1, 0.15) is 32.0 Å². The number of hydrogen-bond acceptors (Lipinski definition) is 4. The van der Waals surface area contributed by atoms with E-state index in [9.17, 15) is 4.79 Å². The Bertz CT molecular complexity index is 466. The number of hydrogen-bond donors (Lipinski definition) is 1. The molecule has 1 aromatic heterocycles. The summed E-state index contributed by atoms with van der Waals surface area (Å²) in [4.78, 5) is 17.9.